The van der Waals surface area contributed by atoms with Gasteiger partial charge in [0.05, 0.1) is 17.5 Å². The summed E-state index contributed by atoms with van der Waals surface area (Å²) in [6.45, 7) is -0.286. The van der Waals surface area contributed by atoms with Gasteiger partial charge in [-0.2, -0.15) is 13.2 Å². The molecule has 0 saturated heterocycles. The zero-order valence-electron chi connectivity index (χ0n) is 10.2. The van der Waals surface area contributed by atoms with Crippen molar-refractivity contribution in [3.05, 3.63) is 23.8 Å². The predicted octanol–water partition coefficient (Wildman–Crippen LogP) is 3.62. The van der Waals surface area contributed by atoms with Crippen molar-refractivity contribution in [1.29, 1.82) is 0 Å². The minimum Gasteiger partial charge on any atom is -0.406 e. The van der Waals surface area contributed by atoms with E-state index in [9.17, 15) is 31.4 Å². The van der Waals surface area contributed by atoms with E-state index in [0.717, 1.165) is 12.1 Å². The van der Waals surface area contributed by atoms with Crippen LogP contribution in [0.1, 0.15) is 5.56 Å². The first-order chi connectivity index (χ1) is 9.53. The second kappa shape index (κ2) is 6.61. The van der Waals surface area contributed by atoms with Gasteiger partial charge in [-0.25, -0.2) is 0 Å². The smallest absolute Gasteiger partial charge is 0.406 e. The zero-order valence-corrected chi connectivity index (χ0v) is 11.0. The van der Waals surface area contributed by atoms with Gasteiger partial charge in [-0.05, 0) is 18.2 Å². The molecule has 1 aromatic rings. The zero-order chi connectivity index (χ0) is 16.3. The highest BCUT2D eigenvalue weighted by Gasteiger charge is 2.36. The second-order valence-corrected chi connectivity index (χ2v) is 4.25. The van der Waals surface area contributed by atoms with E-state index < -0.39 is 35.6 Å². The summed E-state index contributed by atoms with van der Waals surface area (Å²) in [6, 6.07) is 1.74. The molecule has 10 heteroatoms. The summed E-state index contributed by atoms with van der Waals surface area (Å²) in [5.41, 5.74) is -1.83. The molecule has 1 atom stereocenters. The molecule has 1 unspecified atom stereocenters. The molecule has 0 aliphatic rings. The molecule has 0 bridgehead atoms. The number of rotatable bonds is 5. The first-order valence-electron chi connectivity index (χ1n) is 5.48. The van der Waals surface area contributed by atoms with Crippen LogP contribution in [0.15, 0.2) is 18.2 Å². The fraction of sp³-hybridized carbons (Fsp3) is 0.455. The van der Waals surface area contributed by atoms with Crippen LogP contribution in [-0.4, -0.2) is 30.0 Å². The van der Waals surface area contributed by atoms with E-state index >= 15 is 0 Å². The van der Waals surface area contributed by atoms with Crippen LogP contribution in [-0.2, 0) is 6.18 Å². The Kier molecular flexibility index (Phi) is 5.57. The van der Waals surface area contributed by atoms with E-state index in [1.807, 2.05) is 0 Å². The van der Waals surface area contributed by atoms with Gasteiger partial charge < -0.3 is 15.2 Å². The average Bonchev–Trinajstić information content (AvgIpc) is 2.33. The highest BCUT2D eigenvalue weighted by molar-refractivity contribution is 6.18. The van der Waals surface area contributed by atoms with E-state index in [4.69, 9.17) is 11.6 Å². The van der Waals surface area contributed by atoms with Crippen LogP contribution in [0.4, 0.5) is 32.0 Å². The van der Waals surface area contributed by atoms with Gasteiger partial charge >= 0.3 is 12.5 Å². The van der Waals surface area contributed by atoms with E-state index in [0.29, 0.717) is 0 Å². The molecule has 0 aliphatic carbocycles. The third kappa shape index (κ3) is 5.88. The number of alkyl halides is 7. The molecule has 0 spiro atoms. The van der Waals surface area contributed by atoms with Gasteiger partial charge in [-0.15, -0.1) is 24.8 Å². The van der Waals surface area contributed by atoms with E-state index in [-0.39, 0.29) is 18.5 Å². The molecule has 120 valence electrons. The van der Waals surface area contributed by atoms with Crippen molar-refractivity contribution in [2.45, 2.75) is 18.6 Å². The normalized spacial score (nSPS) is 13.9. The molecule has 0 heterocycles. The third-order valence-electron chi connectivity index (χ3n) is 2.24. The quantitative estimate of drug-likeness (QED) is 0.637. The van der Waals surface area contributed by atoms with E-state index in [1.165, 1.54) is 0 Å². The minimum atomic E-state index is -5.09. The van der Waals surface area contributed by atoms with Crippen molar-refractivity contribution in [3.63, 3.8) is 0 Å². The first-order valence-corrected chi connectivity index (χ1v) is 6.01. The fourth-order valence-electron chi connectivity index (χ4n) is 1.39. The summed E-state index contributed by atoms with van der Waals surface area (Å²) in [4.78, 5) is 0. The number of hydrogen-bond donors (Lipinski definition) is 2. The van der Waals surface area contributed by atoms with Crippen LogP contribution in [0.3, 0.4) is 0 Å². The van der Waals surface area contributed by atoms with Crippen molar-refractivity contribution < 1.29 is 36.2 Å². The van der Waals surface area contributed by atoms with Gasteiger partial charge in [0.1, 0.15) is 5.75 Å². The van der Waals surface area contributed by atoms with Crippen LogP contribution in [0, 0.1) is 0 Å². The maximum absolute atomic E-state index is 12.8. The lowest BCUT2D eigenvalue weighted by Crippen LogP contribution is -2.23. The van der Waals surface area contributed by atoms with Crippen LogP contribution in [0.5, 0.6) is 5.75 Å². The van der Waals surface area contributed by atoms with Crippen molar-refractivity contribution in [2.24, 2.45) is 0 Å². The van der Waals surface area contributed by atoms with E-state index in [1.54, 1.807) is 0 Å². The number of nitrogens with one attached hydrogen (secondary N) is 1. The largest absolute Gasteiger partial charge is 0.573 e. The average molecular weight is 338 g/mol. The monoisotopic (exact) mass is 337 g/mol. The Morgan fingerprint density at radius 1 is 1.19 bits per heavy atom. The van der Waals surface area contributed by atoms with Gasteiger partial charge in [-0.3, -0.25) is 0 Å². The second-order valence-electron chi connectivity index (χ2n) is 3.94. The third-order valence-corrected chi connectivity index (χ3v) is 2.59. The summed E-state index contributed by atoms with van der Waals surface area (Å²) in [5, 5.41) is 11.4. The molecule has 0 amide bonds. The van der Waals surface area contributed by atoms with Gasteiger partial charge in [0.25, 0.3) is 0 Å². The molecule has 21 heavy (non-hydrogen) atoms. The topological polar surface area (TPSA) is 41.5 Å². The van der Waals surface area contributed by atoms with Crippen LogP contribution in [0.2, 0.25) is 0 Å². The number of aliphatic hydroxyl groups excluding tert-OH is 1. The Labute approximate surface area is 120 Å². The molecule has 3 nitrogen and oxygen atoms in total. The van der Waals surface area contributed by atoms with E-state index in [2.05, 4.69) is 10.1 Å². The van der Waals surface area contributed by atoms with Gasteiger partial charge in [0.2, 0.25) is 0 Å². The van der Waals surface area contributed by atoms with Crippen molar-refractivity contribution >= 4 is 17.3 Å². The Balaban J connectivity index is 3.03. The minimum absolute atomic E-state index is 0.205. The lowest BCUT2D eigenvalue weighted by Gasteiger charge is -2.18. The van der Waals surface area contributed by atoms with Crippen LogP contribution < -0.4 is 10.1 Å². The van der Waals surface area contributed by atoms with Crippen LogP contribution >= 0.6 is 11.6 Å². The number of halogens is 7. The summed E-state index contributed by atoms with van der Waals surface area (Å²) < 4.78 is 77.9. The molecule has 0 saturated carbocycles. The standard InChI is InChI=1S/C11H10ClF6NO2/c12-4-6(20)5-19-9-2-1-7(21-11(16,17)18)3-8(9)10(13,14)15/h1-3,6,19-20H,4-5H2. The number of ether oxygens (including phenoxy) is 1. The Hall–Kier alpha value is -1.35. The van der Waals surface area contributed by atoms with Gasteiger partial charge in [-0.1, -0.05) is 0 Å². The van der Waals surface area contributed by atoms with Gasteiger partial charge in [0, 0.05) is 12.2 Å². The molecule has 2 N–H and O–H groups in total. The number of benzene rings is 1. The van der Waals surface area contributed by atoms with Crippen molar-refractivity contribution in [1.82, 2.24) is 0 Å². The number of aliphatic hydroxyl groups is 1. The first kappa shape index (κ1) is 17.7. The number of hydrogen-bond acceptors (Lipinski definition) is 3. The summed E-state index contributed by atoms with van der Waals surface area (Å²) in [5.74, 6) is -1.19. The molecule has 1 rings (SSSR count). The Morgan fingerprint density at radius 2 is 1.81 bits per heavy atom. The maximum atomic E-state index is 12.8. The maximum Gasteiger partial charge on any atom is 0.573 e. The van der Waals surface area contributed by atoms with Crippen molar-refractivity contribution in [2.75, 3.05) is 17.7 Å². The van der Waals surface area contributed by atoms with Crippen LogP contribution in [0.25, 0.3) is 0 Å². The van der Waals surface area contributed by atoms with Crippen molar-refractivity contribution in [3.8, 4) is 5.75 Å². The summed E-state index contributed by atoms with van der Waals surface area (Å²) >= 11 is 5.29. The number of anilines is 1. The Morgan fingerprint density at radius 3 is 2.29 bits per heavy atom. The Bertz CT molecular complexity index is 477. The lowest BCUT2D eigenvalue weighted by atomic mass is 10.1. The summed E-state index contributed by atoms with van der Waals surface area (Å²) in [6.07, 6.45) is -11.1. The highest BCUT2D eigenvalue weighted by atomic mass is 35.5. The predicted molar refractivity (Wildman–Crippen MR) is 63.3 cm³/mol. The molecular formula is C11H10ClF6NO2. The highest BCUT2D eigenvalue weighted by Crippen LogP contribution is 2.38. The molecule has 1 aromatic carbocycles. The lowest BCUT2D eigenvalue weighted by molar-refractivity contribution is -0.274. The molecule has 0 aromatic heterocycles. The fourth-order valence-corrected chi connectivity index (χ4v) is 1.50. The molecular weight excluding hydrogens is 328 g/mol. The molecule has 0 fully saturated rings. The summed E-state index contributed by atoms with van der Waals surface area (Å²) in [7, 11) is 0. The SMILES string of the molecule is OC(CCl)CNc1ccc(OC(F)(F)F)cc1C(F)(F)F. The molecule has 0 aliphatic heterocycles. The van der Waals surface area contributed by atoms with Gasteiger partial charge in [0.15, 0.2) is 0 Å². The molecule has 0 radical (unpaired) electrons.